The van der Waals surface area contributed by atoms with Crippen molar-refractivity contribution in [3.63, 3.8) is 0 Å². The Kier molecular flexibility index (Phi) is 2.79. The van der Waals surface area contributed by atoms with Gasteiger partial charge < -0.3 is 4.52 Å². The first-order valence-electron chi connectivity index (χ1n) is 5.07. The number of Topliss-reactive ketones (excluding diaryl/α,β-unsaturated/α-hetero) is 1. The molecule has 1 aromatic heterocycles. The van der Waals surface area contributed by atoms with Gasteiger partial charge in [0.05, 0.1) is 5.75 Å². The fourth-order valence-electron chi connectivity index (χ4n) is 1.75. The maximum absolute atomic E-state index is 11.8. The summed E-state index contributed by atoms with van der Waals surface area (Å²) >= 11 is 0. The fraction of sp³-hybridized carbons (Fsp3) is 0.667. The highest BCUT2D eigenvalue weighted by molar-refractivity contribution is 7.91. The van der Waals surface area contributed by atoms with Gasteiger partial charge in [0.15, 0.2) is 15.7 Å². The van der Waals surface area contributed by atoms with Gasteiger partial charge in [-0.05, 0) is 12.8 Å². The molecule has 7 heteroatoms. The lowest BCUT2D eigenvalue weighted by molar-refractivity contribution is 0.0972. The van der Waals surface area contributed by atoms with E-state index in [2.05, 4.69) is 10.1 Å². The van der Waals surface area contributed by atoms with Gasteiger partial charge in [0.25, 0.3) is 5.89 Å². The minimum Gasteiger partial charge on any atom is -0.331 e. The predicted octanol–water partition coefficient (Wildman–Crippen LogP) is 0.912. The molecule has 1 aliphatic heterocycles. The Morgan fingerprint density at radius 3 is 2.75 bits per heavy atom. The average Bonchev–Trinajstić information content (AvgIpc) is 2.65. The van der Waals surface area contributed by atoms with Gasteiger partial charge in [-0.1, -0.05) is 11.6 Å². The van der Waals surface area contributed by atoms with Crippen LogP contribution >= 0.6 is 0 Å². The van der Waals surface area contributed by atoms with Crippen LogP contribution in [0.25, 0.3) is 0 Å². The third-order valence-electron chi connectivity index (χ3n) is 2.61. The molecule has 1 aromatic rings. The molecule has 0 spiro atoms. The molecule has 1 unspecified atom stereocenters. The van der Waals surface area contributed by atoms with E-state index in [-0.39, 0.29) is 23.3 Å². The molecule has 0 saturated carbocycles. The molecule has 6 nitrogen and oxygen atoms in total. The molecule has 2 heterocycles. The first kappa shape index (κ1) is 11.3. The zero-order valence-electron chi connectivity index (χ0n) is 8.84. The maximum Gasteiger partial charge on any atom is 0.293 e. The van der Waals surface area contributed by atoms with Gasteiger partial charge in [-0.3, -0.25) is 4.79 Å². The van der Waals surface area contributed by atoms with Crippen LogP contribution in [0, 0.1) is 0 Å². The van der Waals surface area contributed by atoms with Crippen molar-refractivity contribution >= 4 is 15.6 Å². The summed E-state index contributed by atoms with van der Waals surface area (Å²) in [5, 5.41) is 2.86. The highest BCUT2D eigenvalue weighted by atomic mass is 32.2. The van der Waals surface area contributed by atoms with Crippen LogP contribution in [-0.2, 0) is 9.84 Å². The maximum atomic E-state index is 11.8. The number of rotatable bonds is 2. The number of hydrogen-bond donors (Lipinski definition) is 0. The summed E-state index contributed by atoms with van der Waals surface area (Å²) in [6.07, 6.45) is 2.00. The van der Waals surface area contributed by atoms with Crippen LogP contribution in [0.15, 0.2) is 4.52 Å². The van der Waals surface area contributed by atoms with Gasteiger partial charge in [0, 0.05) is 6.92 Å². The van der Waals surface area contributed by atoms with E-state index in [9.17, 15) is 13.2 Å². The molecule has 1 saturated heterocycles. The van der Waals surface area contributed by atoms with Crippen molar-refractivity contribution in [2.45, 2.75) is 31.4 Å². The summed E-state index contributed by atoms with van der Waals surface area (Å²) in [5.41, 5.74) is 0. The Labute approximate surface area is 93.0 Å². The smallest absolute Gasteiger partial charge is 0.293 e. The molecule has 0 aromatic carbocycles. The van der Waals surface area contributed by atoms with Crippen LogP contribution < -0.4 is 0 Å². The van der Waals surface area contributed by atoms with Gasteiger partial charge in [-0.15, -0.1) is 0 Å². The normalized spacial score (nSPS) is 24.2. The lowest BCUT2D eigenvalue weighted by Crippen LogP contribution is -2.22. The molecule has 0 amide bonds. The van der Waals surface area contributed by atoms with Crippen molar-refractivity contribution in [1.29, 1.82) is 0 Å². The number of nitrogens with zero attached hydrogens (tertiary/aromatic N) is 2. The largest absolute Gasteiger partial charge is 0.331 e. The molecule has 0 aliphatic carbocycles. The molecule has 16 heavy (non-hydrogen) atoms. The van der Waals surface area contributed by atoms with Crippen molar-refractivity contribution in [3.05, 3.63) is 11.7 Å². The van der Waals surface area contributed by atoms with Crippen molar-refractivity contribution in [1.82, 2.24) is 10.1 Å². The molecule has 2 rings (SSSR count). The summed E-state index contributed by atoms with van der Waals surface area (Å²) < 4.78 is 28.2. The molecule has 1 fully saturated rings. The second-order valence-electron chi connectivity index (χ2n) is 3.87. The summed E-state index contributed by atoms with van der Waals surface area (Å²) in [6.45, 7) is 1.30. The van der Waals surface area contributed by atoms with Gasteiger partial charge >= 0.3 is 0 Å². The summed E-state index contributed by atoms with van der Waals surface area (Å²) in [7, 11) is -3.19. The third-order valence-corrected chi connectivity index (χ3v) is 4.78. The van der Waals surface area contributed by atoms with E-state index < -0.39 is 15.1 Å². The lowest BCUT2D eigenvalue weighted by Gasteiger charge is -2.18. The highest BCUT2D eigenvalue weighted by Gasteiger charge is 2.34. The van der Waals surface area contributed by atoms with Crippen LogP contribution in [0.4, 0.5) is 0 Å². The minimum absolute atomic E-state index is 0.116. The van der Waals surface area contributed by atoms with Crippen molar-refractivity contribution in [3.8, 4) is 0 Å². The number of ketones is 1. The number of carbonyl (C=O) groups is 1. The molecule has 0 N–H and O–H groups in total. The Hall–Kier alpha value is -1.24. The topological polar surface area (TPSA) is 90.1 Å². The second-order valence-corrected chi connectivity index (χ2v) is 6.17. The van der Waals surface area contributed by atoms with E-state index in [0.717, 1.165) is 6.42 Å². The lowest BCUT2D eigenvalue weighted by atomic mass is 10.2. The number of carbonyl (C=O) groups excluding carboxylic acids is 1. The van der Waals surface area contributed by atoms with E-state index in [4.69, 9.17) is 4.52 Å². The summed E-state index contributed by atoms with van der Waals surface area (Å²) in [4.78, 5) is 14.8. The molecule has 0 radical (unpaired) electrons. The van der Waals surface area contributed by atoms with E-state index in [1.165, 1.54) is 6.92 Å². The Bertz CT molecular complexity index is 505. The SMILES string of the molecule is CC(=O)c1nc(C2CCCCS2(=O)=O)no1. The number of aromatic nitrogens is 2. The van der Waals surface area contributed by atoms with Crippen LogP contribution in [0.1, 0.15) is 47.9 Å². The molecule has 88 valence electrons. The molecule has 1 atom stereocenters. The fourth-order valence-corrected chi connectivity index (χ4v) is 3.59. The summed E-state index contributed by atoms with van der Waals surface area (Å²) in [6, 6.07) is 0. The Morgan fingerprint density at radius 2 is 2.19 bits per heavy atom. The van der Waals surface area contributed by atoms with Crippen LogP contribution in [0.2, 0.25) is 0 Å². The predicted molar refractivity (Wildman–Crippen MR) is 54.7 cm³/mol. The molecule has 1 aliphatic rings. The first-order valence-corrected chi connectivity index (χ1v) is 6.78. The van der Waals surface area contributed by atoms with E-state index >= 15 is 0 Å². The molecular weight excluding hydrogens is 232 g/mol. The second kappa shape index (κ2) is 3.97. The highest BCUT2D eigenvalue weighted by Crippen LogP contribution is 2.31. The van der Waals surface area contributed by atoms with Gasteiger partial charge in [-0.25, -0.2) is 8.42 Å². The van der Waals surface area contributed by atoms with E-state index in [0.29, 0.717) is 12.8 Å². The van der Waals surface area contributed by atoms with Crippen LogP contribution in [-0.4, -0.2) is 30.1 Å². The Morgan fingerprint density at radius 1 is 1.44 bits per heavy atom. The van der Waals surface area contributed by atoms with Gasteiger partial charge in [0.1, 0.15) is 5.25 Å². The van der Waals surface area contributed by atoms with Crippen molar-refractivity contribution in [2.24, 2.45) is 0 Å². The number of sulfone groups is 1. The van der Waals surface area contributed by atoms with Crippen LogP contribution in [0.5, 0.6) is 0 Å². The van der Waals surface area contributed by atoms with E-state index in [1.54, 1.807) is 0 Å². The third kappa shape index (κ3) is 1.99. The minimum atomic E-state index is -3.19. The quantitative estimate of drug-likeness (QED) is 0.718. The zero-order valence-corrected chi connectivity index (χ0v) is 9.66. The van der Waals surface area contributed by atoms with Crippen molar-refractivity contribution < 1.29 is 17.7 Å². The zero-order chi connectivity index (χ0) is 11.8. The van der Waals surface area contributed by atoms with Crippen molar-refractivity contribution in [2.75, 3.05) is 5.75 Å². The summed E-state index contributed by atoms with van der Waals surface area (Å²) in [5.74, 6) is -0.214. The van der Waals surface area contributed by atoms with E-state index in [1.807, 2.05) is 0 Å². The molecular formula is C9H12N2O4S. The monoisotopic (exact) mass is 244 g/mol. The number of hydrogen-bond acceptors (Lipinski definition) is 6. The first-order chi connectivity index (χ1) is 7.50. The average molecular weight is 244 g/mol. The standard InChI is InChI=1S/C9H12N2O4S/c1-6(12)9-10-8(11-15-9)7-4-2-3-5-16(7,13)14/h7H,2-5H2,1H3. The Balaban J connectivity index is 2.32. The van der Waals surface area contributed by atoms with Gasteiger partial charge in [-0.2, -0.15) is 4.98 Å². The van der Waals surface area contributed by atoms with Crippen LogP contribution in [0.3, 0.4) is 0 Å². The van der Waals surface area contributed by atoms with Gasteiger partial charge in [0.2, 0.25) is 5.78 Å². The molecule has 0 bridgehead atoms.